The predicted molar refractivity (Wildman–Crippen MR) is 107 cm³/mol. The number of hydrogen-bond acceptors (Lipinski definition) is 5. The molecule has 0 aliphatic carbocycles. The highest BCUT2D eigenvalue weighted by atomic mass is 32.2. The second kappa shape index (κ2) is 9.06. The van der Waals surface area contributed by atoms with Crippen molar-refractivity contribution in [1.82, 2.24) is 4.31 Å². The number of para-hydroxylation sites is 1. The van der Waals surface area contributed by atoms with Crippen LogP contribution in [0.2, 0.25) is 0 Å². The Kier molecular flexibility index (Phi) is 6.52. The average molecular weight is 403 g/mol. The van der Waals surface area contributed by atoms with Crippen molar-refractivity contribution in [2.45, 2.75) is 6.42 Å². The summed E-state index contributed by atoms with van der Waals surface area (Å²) in [6.45, 7) is 1.85. The van der Waals surface area contributed by atoms with Crippen LogP contribution in [0.25, 0.3) is 0 Å². The van der Waals surface area contributed by atoms with Crippen molar-refractivity contribution in [3.63, 3.8) is 0 Å². The Bertz CT molecular complexity index is 960. The Morgan fingerprint density at radius 2 is 1.68 bits per heavy atom. The van der Waals surface area contributed by atoms with Crippen LogP contribution in [0.1, 0.15) is 5.56 Å². The molecule has 0 unspecified atom stereocenters. The zero-order valence-electron chi connectivity index (χ0n) is 15.3. The summed E-state index contributed by atoms with van der Waals surface area (Å²) in [6.07, 6.45) is 0.345. The fourth-order valence-electron chi connectivity index (χ4n) is 3.05. The monoisotopic (exact) mass is 403 g/mol. The summed E-state index contributed by atoms with van der Waals surface area (Å²) < 4.78 is 39.5. The maximum Gasteiger partial charge on any atom is 0.225 e. The molecule has 2 aromatic carbocycles. The molecule has 1 fully saturated rings. The Hall–Kier alpha value is -2.60. The molecule has 1 aliphatic heterocycles. The van der Waals surface area contributed by atoms with E-state index < -0.39 is 10.0 Å². The van der Waals surface area contributed by atoms with Gasteiger partial charge >= 0.3 is 0 Å². The minimum Gasteiger partial charge on any atom is -0.369 e. The van der Waals surface area contributed by atoms with E-state index in [-0.39, 0.29) is 11.6 Å². The van der Waals surface area contributed by atoms with Crippen LogP contribution in [-0.4, -0.2) is 49.9 Å². The first-order chi connectivity index (χ1) is 13.5. The van der Waals surface area contributed by atoms with Crippen molar-refractivity contribution < 1.29 is 18.0 Å². The van der Waals surface area contributed by atoms with Crippen molar-refractivity contribution in [3.05, 3.63) is 59.9 Å². The Labute approximate surface area is 164 Å². The molecule has 6 nitrogen and oxygen atoms in total. The molecule has 2 aromatic rings. The molecule has 0 radical (unpaired) electrons. The van der Waals surface area contributed by atoms with Crippen molar-refractivity contribution in [3.8, 4) is 11.8 Å². The van der Waals surface area contributed by atoms with Crippen LogP contribution in [0.4, 0.5) is 15.8 Å². The molecule has 8 heteroatoms. The number of rotatable bonds is 5. The van der Waals surface area contributed by atoms with Crippen LogP contribution in [0.5, 0.6) is 0 Å². The van der Waals surface area contributed by atoms with Gasteiger partial charge in [0.15, 0.2) is 0 Å². The summed E-state index contributed by atoms with van der Waals surface area (Å²) in [7, 11) is -3.46. The first-order valence-electron chi connectivity index (χ1n) is 8.92. The highest BCUT2D eigenvalue weighted by Gasteiger charge is 2.26. The molecule has 2 N–H and O–H groups in total. The minimum absolute atomic E-state index is 0.238. The lowest BCUT2D eigenvalue weighted by Gasteiger charge is -2.35. The fourth-order valence-corrected chi connectivity index (χ4v) is 4.24. The predicted octanol–water partition coefficient (Wildman–Crippen LogP) is 2.32. The molecule has 0 saturated carbocycles. The average Bonchev–Trinajstić information content (AvgIpc) is 2.72. The van der Waals surface area contributed by atoms with Gasteiger partial charge in [0.1, 0.15) is 11.6 Å². The maximum atomic E-state index is 13.0. The van der Waals surface area contributed by atoms with Gasteiger partial charge in [-0.2, -0.15) is 4.31 Å². The van der Waals surface area contributed by atoms with E-state index in [4.69, 9.17) is 5.21 Å². The SMILES string of the molecule is O=S(=O)(CC#CCc1ccccc1NO)N1CCN(c2ccc(F)cc2)CC1. The summed E-state index contributed by atoms with van der Waals surface area (Å²) in [4.78, 5) is 2.04. The number of sulfonamides is 1. The molecule has 28 heavy (non-hydrogen) atoms. The first kappa shape index (κ1) is 20.1. The second-order valence-electron chi connectivity index (χ2n) is 6.42. The third-order valence-electron chi connectivity index (χ3n) is 4.62. The lowest BCUT2D eigenvalue weighted by Crippen LogP contribution is -2.49. The van der Waals surface area contributed by atoms with Crippen LogP contribution < -0.4 is 10.4 Å². The van der Waals surface area contributed by atoms with E-state index in [9.17, 15) is 12.8 Å². The molecular weight excluding hydrogens is 381 g/mol. The fraction of sp³-hybridized carbons (Fsp3) is 0.300. The number of hydrogen-bond donors (Lipinski definition) is 2. The van der Waals surface area contributed by atoms with Gasteiger partial charge in [0, 0.05) is 38.3 Å². The van der Waals surface area contributed by atoms with E-state index in [1.165, 1.54) is 16.4 Å². The van der Waals surface area contributed by atoms with Crippen LogP contribution in [-0.2, 0) is 16.4 Å². The van der Waals surface area contributed by atoms with Gasteiger partial charge in [-0.05, 0) is 35.9 Å². The number of benzene rings is 2. The van der Waals surface area contributed by atoms with Crippen molar-refractivity contribution in [2.24, 2.45) is 0 Å². The van der Waals surface area contributed by atoms with Crippen LogP contribution in [0, 0.1) is 17.7 Å². The van der Waals surface area contributed by atoms with E-state index >= 15 is 0 Å². The van der Waals surface area contributed by atoms with Gasteiger partial charge in [0.25, 0.3) is 0 Å². The second-order valence-corrected chi connectivity index (χ2v) is 8.39. The molecule has 0 atom stereocenters. The number of nitrogens with zero attached hydrogens (tertiary/aromatic N) is 2. The first-order valence-corrected chi connectivity index (χ1v) is 10.5. The van der Waals surface area contributed by atoms with Gasteiger partial charge in [-0.25, -0.2) is 12.8 Å². The maximum absolute atomic E-state index is 13.0. The molecule has 0 aromatic heterocycles. The van der Waals surface area contributed by atoms with Gasteiger partial charge in [0.05, 0.1) is 5.69 Å². The smallest absolute Gasteiger partial charge is 0.225 e. The number of nitrogens with one attached hydrogen (secondary N) is 1. The van der Waals surface area contributed by atoms with E-state index in [0.29, 0.717) is 38.3 Å². The van der Waals surface area contributed by atoms with Gasteiger partial charge in [-0.3, -0.25) is 10.7 Å². The molecule has 3 rings (SSSR count). The van der Waals surface area contributed by atoms with Crippen molar-refractivity contribution >= 4 is 21.4 Å². The van der Waals surface area contributed by atoms with Crippen LogP contribution >= 0.6 is 0 Å². The molecular formula is C20H22FN3O3S. The third kappa shape index (κ3) is 5.01. The highest BCUT2D eigenvalue weighted by molar-refractivity contribution is 7.89. The molecule has 1 heterocycles. The van der Waals surface area contributed by atoms with Gasteiger partial charge in [0.2, 0.25) is 10.0 Å². The van der Waals surface area contributed by atoms with E-state index in [0.717, 1.165) is 11.3 Å². The largest absolute Gasteiger partial charge is 0.369 e. The topological polar surface area (TPSA) is 72.9 Å². The van der Waals surface area contributed by atoms with E-state index in [1.54, 1.807) is 24.3 Å². The van der Waals surface area contributed by atoms with Gasteiger partial charge < -0.3 is 4.90 Å². The summed E-state index contributed by atoms with van der Waals surface area (Å²) in [5.41, 5.74) is 4.34. The lowest BCUT2D eigenvalue weighted by atomic mass is 10.1. The third-order valence-corrected chi connectivity index (χ3v) is 6.28. The molecule has 0 spiro atoms. The minimum atomic E-state index is -3.46. The zero-order valence-corrected chi connectivity index (χ0v) is 16.1. The van der Waals surface area contributed by atoms with Crippen LogP contribution in [0.3, 0.4) is 0 Å². The standard InChI is InChI=1S/C20H22FN3O3S/c21-18-8-10-19(11-9-18)23-12-14-24(15-13-23)28(26,27)16-4-3-6-17-5-1-2-7-20(17)22-25/h1-2,5,7-11,22,25H,6,12-16H2. The zero-order chi connectivity index (χ0) is 20.0. The lowest BCUT2D eigenvalue weighted by molar-refractivity contribution is 0.386. The number of piperazine rings is 1. The van der Waals surface area contributed by atoms with Gasteiger partial charge in [-0.15, -0.1) is 0 Å². The molecule has 1 aliphatic rings. The quantitative estimate of drug-likeness (QED) is 0.592. The van der Waals surface area contributed by atoms with E-state index in [1.807, 2.05) is 17.0 Å². The Balaban J connectivity index is 1.54. The highest BCUT2D eigenvalue weighted by Crippen LogP contribution is 2.18. The van der Waals surface area contributed by atoms with Crippen molar-refractivity contribution in [2.75, 3.05) is 42.3 Å². The van der Waals surface area contributed by atoms with E-state index in [2.05, 4.69) is 17.3 Å². The van der Waals surface area contributed by atoms with Gasteiger partial charge in [-0.1, -0.05) is 30.0 Å². The summed E-state index contributed by atoms with van der Waals surface area (Å²) in [6, 6.07) is 13.3. The summed E-state index contributed by atoms with van der Waals surface area (Å²) in [5.74, 6) is 5.06. The number of halogens is 1. The summed E-state index contributed by atoms with van der Waals surface area (Å²) in [5, 5.41) is 9.07. The molecule has 0 bridgehead atoms. The molecule has 1 saturated heterocycles. The normalized spacial score (nSPS) is 15.0. The van der Waals surface area contributed by atoms with Crippen LogP contribution in [0.15, 0.2) is 48.5 Å². The summed E-state index contributed by atoms with van der Waals surface area (Å²) >= 11 is 0. The Morgan fingerprint density at radius 1 is 1.00 bits per heavy atom. The van der Waals surface area contributed by atoms with Crippen molar-refractivity contribution in [1.29, 1.82) is 0 Å². The number of anilines is 2. The molecule has 0 amide bonds. The Morgan fingerprint density at radius 3 is 2.36 bits per heavy atom. The molecule has 148 valence electrons.